The Balaban J connectivity index is 1.73. The van der Waals surface area contributed by atoms with Gasteiger partial charge < -0.3 is 14.8 Å². The lowest BCUT2D eigenvalue weighted by molar-refractivity contribution is -0.170. The van der Waals surface area contributed by atoms with Crippen molar-refractivity contribution < 1.29 is 32.2 Å². The molecule has 1 N–H and O–H groups in total. The van der Waals surface area contributed by atoms with Crippen LogP contribution in [0.2, 0.25) is 0 Å². The molecule has 6 nitrogen and oxygen atoms in total. The molecule has 1 aliphatic carbocycles. The Labute approximate surface area is 224 Å². The fourth-order valence-electron chi connectivity index (χ4n) is 5.35. The third-order valence-electron chi connectivity index (χ3n) is 7.05. The number of carbonyl (C=O) groups is 2. The van der Waals surface area contributed by atoms with E-state index in [0.717, 1.165) is 5.56 Å². The van der Waals surface area contributed by atoms with Crippen LogP contribution in [-0.4, -0.2) is 31.6 Å². The van der Waals surface area contributed by atoms with Crippen LogP contribution in [0.15, 0.2) is 84.1 Å². The molecule has 0 saturated carbocycles. The molecule has 0 saturated heterocycles. The SMILES string of the molecule is CCOc1ccccc1[C@@H]1C2=C(C[C@H](c3ccc(OC)cc3)CC2=O)Nc2ccccc2N1C(=O)C(F)(F)F. The number of fused-ring (bicyclic) bond motifs is 1. The van der Waals surface area contributed by atoms with Gasteiger partial charge in [-0.05, 0) is 55.2 Å². The van der Waals surface area contributed by atoms with Crippen LogP contribution in [-0.2, 0) is 9.59 Å². The number of methoxy groups -OCH3 is 1. The molecule has 9 heteroatoms. The summed E-state index contributed by atoms with van der Waals surface area (Å²) in [6.45, 7) is 2.01. The number of nitrogens with zero attached hydrogens (tertiary/aromatic N) is 1. The van der Waals surface area contributed by atoms with E-state index in [9.17, 15) is 22.8 Å². The molecule has 2 atom stereocenters. The molecule has 5 rings (SSSR count). The highest BCUT2D eigenvalue weighted by Crippen LogP contribution is 2.50. The molecule has 0 unspecified atom stereocenters. The Kier molecular flexibility index (Phi) is 7.08. The first-order valence-electron chi connectivity index (χ1n) is 12.6. The number of rotatable bonds is 5. The molecule has 0 aromatic heterocycles. The fraction of sp³-hybridized carbons (Fsp3) is 0.267. The monoisotopic (exact) mass is 536 g/mol. The molecule has 0 fully saturated rings. The minimum absolute atomic E-state index is 0.0272. The number of carbonyl (C=O) groups excluding carboxylic acids is 2. The summed E-state index contributed by atoms with van der Waals surface area (Å²) in [6.07, 6.45) is -4.74. The van der Waals surface area contributed by atoms with Crippen molar-refractivity contribution >= 4 is 23.1 Å². The number of alkyl halides is 3. The Bertz CT molecular complexity index is 1430. The van der Waals surface area contributed by atoms with E-state index in [4.69, 9.17) is 9.47 Å². The van der Waals surface area contributed by atoms with Gasteiger partial charge in [-0.1, -0.05) is 42.5 Å². The summed E-state index contributed by atoms with van der Waals surface area (Å²) in [5, 5.41) is 3.23. The van der Waals surface area contributed by atoms with Crippen molar-refractivity contribution in [1.82, 2.24) is 0 Å². The van der Waals surface area contributed by atoms with Crippen molar-refractivity contribution in [2.75, 3.05) is 23.9 Å². The van der Waals surface area contributed by atoms with Crippen LogP contribution in [0.5, 0.6) is 11.5 Å². The van der Waals surface area contributed by atoms with E-state index in [2.05, 4.69) is 5.32 Å². The molecule has 2 aliphatic rings. The van der Waals surface area contributed by atoms with Crippen molar-refractivity contribution in [3.63, 3.8) is 0 Å². The summed E-state index contributed by atoms with van der Waals surface area (Å²) in [6, 6.07) is 18.9. The van der Waals surface area contributed by atoms with Crippen molar-refractivity contribution in [2.45, 2.75) is 37.9 Å². The third kappa shape index (κ3) is 4.96. The number of nitrogens with one attached hydrogen (secondary N) is 1. The molecule has 0 radical (unpaired) electrons. The number of allylic oxidation sites excluding steroid dienone is 1. The summed E-state index contributed by atoms with van der Waals surface area (Å²) in [4.78, 5) is 27.7. The molecular weight excluding hydrogens is 509 g/mol. The van der Waals surface area contributed by atoms with Crippen LogP contribution >= 0.6 is 0 Å². The normalized spacial score (nSPS) is 19.0. The molecule has 3 aromatic rings. The minimum Gasteiger partial charge on any atom is -0.497 e. The number of para-hydroxylation sites is 3. The van der Waals surface area contributed by atoms with Gasteiger partial charge in [0, 0.05) is 23.3 Å². The number of amides is 1. The molecule has 1 amide bonds. The molecule has 1 heterocycles. The fourth-order valence-corrected chi connectivity index (χ4v) is 5.35. The Hall–Kier alpha value is -4.27. The number of ether oxygens (including phenoxy) is 2. The third-order valence-corrected chi connectivity index (χ3v) is 7.05. The van der Waals surface area contributed by atoms with E-state index in [-0.39, 0.29) is 36.0 Å². The topological polar surface area (TPSA) is 67.9 Å². The van der Waals surface area contributed by atoms with Crippen LogP contribution in [0.25, 0.3) is 0 Å². The van der Waals surface area contributed by atoms with E-state index in [1.54, 1.807) is 56.5 Å². The summed E-state index contributed by atoms with van der Waals surface area (Å²) < 4.78 is 53.4. The second kappa shape index (κ2) is 10.5. The molecule has 39 heavy (non-hydrogen) atoms. The van der Waals surface area contributed by atoms with Crippen molar-refractivity contribution in [2.24, 2.45) is 0 Å². The van der Waals surface area contributed by atoms with Gasteiger partial charge >= 0.3 is 12.1 Å². The first-order valence-corrected chi connectivity index (χ1v) is 12.6. The molecule has 0 spiro atoms. The lowest BCUT2D eigenvalue weighted by atomic mass is 9.78. The number of benzene rings is 3. The van der Waals surface area contributed by atoms with Crippen LogP contribution < -0.4 is 19.7 Å². The van der Waals surface area contributed by atoms with Gasteiger partial charge in [0.1, 0.15) is 11.5 Å². The molecule has 202 valence electrons. The zero-order valence-corrected chi connectivity index (χ0v) is 21.4. The summed E-state index contributed by atoms with van der Waals surface area (Å²) in [5.74, 6) is -1.63. The second-order valence-electron chi connectivity index (χ2n) is 9.38. The van der Waals surface area contributed by atoms with Gasteiger partial charge in [-0.2, -0.15) is 13.2 Å². The smallest absolute Gasteiger partial charge is 0.471 e. The van der Waals surface area contributed by atoms with Crippen molar-refractivity contribution in [3.05, 3.63) is 95.2 Å². The zero-order chi connectivity index (χ0) is 27.7. The lowest BCUT2D eigenvalue weighted by Crippen LogP contribution is -2.45. The van der Waals surface area contributed by atoms with E-state index >= 15 is 0 Å². The summed E-state index contributed by atoms with van der Waals surface area (Å²) in [5.41, 5.74) is 2.15. The average Bonchev–Trinajstić information content (AvgIpc) is 3.07. The second-order valence-corrected chi connectivity index (χ2v) is 9.38. The first-order chi connectivity index (χ1) is 18.7. The van der Waals surface area contributed by atoms with Gasteiger partial charge in [-0.3, -0.25) is 14.5 Å². The van der Waals surface area contributed by atoms with E-state index in [1.165, 1.54) is 6.07 Å². The van der Waals surface area contributed by atoms with E-state index < -0.39 is 18.1 Å². The highest BCUT2D eigenvalue weighted by molar-refractivity contribution is 6.08. The number of hydrogen-bond acceptors (Lipinski definition) is 5. The highest BCUT2D eigenvalue weighted by Gasteiger charge is 2.50. The average molecular weight is 537 g/mol. The molecule has 3 aromatic carbocycles. The maximum atomic E-state index is 14.1. The Morgan fingerprint density at radius 1 is 1.00 bits per heavy atom. The van der Waals surface area contributed by atoms with Crippen LogP contribution in [0.3, 0.4) is 0 Å². The van der Waals surface area contributed by atoms with E-state index in [1.807, 2.05) is 24.3 Å². The summed E-state index contributed by atoms with van der Waals surface area (Å²) >= 11 is 0. The maximum absolute atomic E-state index is 14.1. The standard InChI is InChI=1S/C30H27F3N2O4/c1-3-39-26-11-7-4-8-21(26)28-27-23(16-19(17-25(27)36)18-12-14-20(38-2)15-13-18)34-22-9-5-6-10-24(22)35(28)29(37)30(31,32)33/h4-15,19,28,34H,3,16-17H2,1-2H3/t19-,28+/m0/s1. The zero-order valence-electron chi connectivity index (χ0n) is 21.4. The quantitative estimate of drug-likeness (QED) is 0.400. The van der Waals surface area contributed by atoms with Gasteiger partial charge in [0.05, 0.1) is 31.1 Å². The van der Waals surface area contributed by atoms with Gasteiger partial charge in [0.2, 0.25) is 0 Å². The highest BCUT2D eigenvalue weighted by atomic mass is 19.4. The van der Waals surface area contributed by atoms with Crippen LogP contribution in [0.4, 0.5) is 24.5 Å². The predicted molar refractivity (Wildman–Crippen MR) is 141 cm³/mol. The lowest BCUT2D eigenvalue weighted by Gasteiger charge is -2.36. The predicted octanol–water partition coefficient (Wildman–Crippen LogP) is 6.56. The summed E-state index contributed by atoms with van der Waals surface area (Å²) in [7, 11) is 1.57. The van der Waals surface area contributed by atoms with Crippen LogP contribution in [0.1, 0.15) is 42.9 Å². The van der Waals surface area contributed by atoms with Crippen LogP contribution in [0, 0.1) is 0 Å². The number of Topliss-reactive ketones (excluding diaryl/α,β-unsaturated/α-hetero) is 1. The van der Waals surface area contributed by atoms with Gasteiger partial charge in [-0.15, -0.1) is 0 Å². The largest absolute Gasteiger partial charge is 0.497 e. The first kappa shape index (κ1) is 26.3. The van der Waals surface area contributed by atoms with Gasteiger partial charge in [-0.25, -0.2) is 0 Å². The van der Waals surface area contributed by atoms with Crippen molar-refractivity contribution in [3.8, 4) is 11.5 Å². The Morgan fingerprint density at radius 3 is 2.38 bits per heavy atom. The minimum atomic E-state index is -5.18. The van der Waals surface area contributed by atoms with Gasteiger partial charge in [0.15, 0.2) is 5.78 Å². The number of halogens is 3. The van der Waals surface area contributed by atoms with Crippen molar-refractivity contribution in [1.29, 1.82) is 0 Å². The van der Waals surface area contributed by atoms with E-state index in [0.29, 0.717) is 39.8 Å². The van der Waals surface area contributed by atoms with Gasteiger partial charge in [0.25, 0.3) is 0 Å². The number of ketones is 1. The molecule has 0 bridgehead atoms. The molecular formula is C30H27F3N2O4. The number of hydrogen-bond donors (Lipinski definition) is 1. The molecule has 1 aliphatic heterocycles. The maximum Gasteiger partial charge on any atom is 0.471 e. The number of anilines is 2. The Morgan fingerprint density at radius 2 is 1.69 bits per heavy atom.